The number of sulfonamides is 1. The zero-order valence-corrected chi connectivity index (χ0v) is 26.4. The molecule has 3 aromatic carbocycles. The van der Waals surface area contributed by atoms with Gasteiger partial charge in [-0.2, -0.15) is 0 Å². The minimum Gasteiger partial charge on any atom is -0.352 e. The molecule has 7 nitrogen and oxygen atoms in total. The van der Waals surface area contributed by atoms with Crippen molar-refractivity contribution in [3.8, 4) is 0 Å². The van der Waals surface area contributed by atoms with Crippen molar-refractivity contribution >= 4 is 66.7 Å². The second kappa shape index (κ2) is 14.3. The molecule has 3 aromatic rings. The predicted molar refractivity (Wildman–Crippen MR) is 165 cm³/mol. The first-order valence-electron chi connectivity index (χ1n) is 12.7. The fourth-order valence-corrected chi connectivity index (χ4v) is 5.66. The highest BCUT2D eigenvalue weighted by atomic mass is 79.9. The third-order valence-electron chi connectivity index (χ3n) is 6.38. The number of nitrogens with zero attached hydrogens (tertiary/aromatic N) is 2. The largest absolute Gasteiger partial charge is 0.352 e. The lowest BCUT2D eigenvalue weighted by atomic mass is 10.0. The van der Waals surface area contributed by atoms with E-state index in [-0.39, 0.29) is 40.6 Å². The second-order valence-corrected chi connectivity index (χ2v) is 13.2. The standard InChI is InChI=1S/C29H32BrCl2N3O4S/c1-4-20(2)33-29(37)27(16-21-9-6-5-7-10-21)34(18-22-11-8-12-23(30)15-22)28(36)19-35(40(3,38)39)24-13-14-25(31)26(32)17-24/h5-15,17,20,27H,4,16,18-19H2,1-3H3,(H,33,37)/t20-,27+/m1/s1. The van der Waals surface area contributed by atoms with Crippen molar-refractivity contribution in [2.75, 3.05) is 17.1 Å². The summed E-state index contributed by atoms with van der Waals surface area (Å²) in [6, 6.07) is 20.2. The molecule has 2 atom stereocenters. The van der Waals surface area contributed by atoms with E-state index in [1.165, 1.54) is 23.1 Å². The minimum absolute atomic E-state index is 0.0860. The zero-order chi connectivity index (χ0) is 29.4. The molecule has 0 saturated heterocycles. The van der Waals surface area contributed by atoms with Crippen molar-refractivity contribution in [1.82, 2.24) is 10.2 Å². The molecule has 3 rings (SSSR count). The van der Waals surface area contributed by atoms with E-state index in [0.717, 1.165) is 26.2 Å². The first kappa shape index (κ1) is 31.9. The number of amides is 2. The number of hydrogen-bond acceptors (Lipinski definition) is 4. The molecule has 0 heterocycles. The Morgan fingerprint density at radius 1 is 0.950 bits per heavy atom. The molecule has 40 heavy (non-hydrogen) atoms. The number of halogens is 3. The summed E-state index contributed by atoms with van der Waals surface area (Å²) in [7, 11) is -3.91. The topological polar surface area (TPSA) is 86.8 Å². The zero-order valence-electron chi connectivity index (χ0n) is 22.5. The summed E-state index contributed by atoms with van der Waals surface area (Å²) >= 11 is 15.7. The van der Waals surface area contributed by atoms with E-state index in [9.17, 15) is 18.0 Å². The van der Waals surface area contributed by atoms with E-state index in [1.54, 1.807) is 0 Å². The van der Waals surface area contributed by atoms with Crippen LogP contribution in [0.15, 0.2) is 77.3 Å². The molecule has 0 saturated carbocycles. The highest BCUT2D eigenvalue weighted by molar-refractivity contribution is 9.10. The second-order valence-electron chi connectivity index (χ2n) is 9.54. The molecular formula is C29H32BrCl2N3O4S. The molecule has 0 aromatic heterocycles. The van der Waals surface area contributed by atoms with Crippen LogP contribution in [0.5, 0.6) is 0 Å². The van der Waals surface area contributed by atoms with Crippen molar-refractivity contribution in [3.05, 3.63) is 98.4 Å². The van der Waals surface area contributed by atoms with Gasteiger partial charge in [-0.25, -0.2) is 8.42 Å². The van der Waals surface area contributed by atoms with Gasteiger partial charge in [-0.15, -0.1) is 0 Å². The van der Waals surface area contributed by atoms with Crippen LogP contribution in [0.25, 0.3) is 0 Å². The summed E-state index contributed by atoms with van der Waals surface area (Å²) in [6.45, 7) is 3.41. The van der Waals surface area contributed by atoms with Gasteiger partial charge in [0, 0.05) is 23.5 Å². The van der Waals surface area contributed by atoms with E-state index in [4.69, 9.17) is 23.2 Å². The Kier molecular flexibility index (Phi) is 11.5. The van der Waals surface area contributed by atoms with Gasteiger partial charge in [-0.1, -0.05) is 88.5 Å². The van der Waals surface area contributed by atoms with E-state index < -0.39 is 28.5 Å². The van der Waals surface area contributed by atoms with Crippen LogP contribution in [-0.4, -0.2) is 50.0 Å². The maximum Gasteiger partial charge on any atom is 0.244 e. The Morgan fingerprint density at radius 2 is 1.62 bits per heavy atom. The van der Waals surface area contributed by atoms with Crippen LogP contribution in [0, 0.1) is 0 Å². The van der Waals surface area contributed by atoms with Crippen molar-refractivity contribution in [1.29, 1.82) is 0 Å². The monoisotopic (exact) mass is 667 g/mol. The molecule has 0 spiro atoms. The molecule has 0 aliphatic heterocycles. The van der Waals surface area contributed by atoms with Crippen LogP contribution in [0.3, 0.4) is 0 Å². The molecule has 0 fully saturated rings. The van der Waals surface area contributed by atoms with Gasteiger partial charge < -0.3 is 10.2 Å². The molecule has 1 N–H and O–H groups in total. The molecule has 2 amide bonds. The normalized spacial score (nSPS) is 12.8. The highest BCUT2D eigenvalue weighted by Crippen LogP contribution is 2.29. The molecule has 0 aliphatic carbocycles. The maximum atomic E-state index is 14.1. The molecule has 0 unspecified atom stereocenters. The van der Waals surface area contributed by atoms with Crippen LogP contribution in [-0.2, 0) is 32.6 Å². The van der Waals surface area contributed by atoms with Crippen LogP contribution in [0.2, 0.25) is 10.0 Å². The summed E-state index contributed by atoms with van der Waals surface area (Å²) in [5.41, 5.74) is 1.83. The smallest absolute Gasteiger partial charge is 0.244 e. The Balaban J connectivity index is 2.07. The maximum absolute atomic E-state index is 14.1. The third-order valence-corrected chi connectivity index (χ3v) is 8.76. The lowest BCUT2D eigenvalue weighted by molar-refractivity contribution is -0.140. The predicted octanol–water partition coefficient (Wildman–Crippen LogP) is 6.08. The van der Waals surface area contributed by atoms with Crippen molar-refractivity contribution in [3.63, 3.8) is 0 Å². The van der Waals surface area contributed by atoms with E-state index in [0.29, 0.717) is 6.42 Å². The van der Waals surface area contributed by atoms with Gasteiger partial charge in [0.15, 0.2) is 0 Å². The lowest BCUT2D eigenvalue weighted by Crippen LogP contribution is -2.54. The number of rotatable bonds is 12. The highest BCUT2D eigenvalue weighted by Gasteiger charge is 2.33. The number of hydrogen-bond donors (Lipinski definition) is 1. The summed E-state index contributed by atoms with van der Waals surface area (Å²) < 4.78 is 27.5. The van der Waals surface area contributed by atoms with E-state index >= 15 is 0 Å². The summed E-state index contributed by atoms with van der Waals surface area (Å²) in [5, 5.41) is 3.41. The van der Waals surface area contributed by atoms with Crippen LogP contribution in [0.1, 0.15) is 31.4 Å². The molecule has 0 bridgehead atoms. The molecule has 214 valence electrons. The average molecular weight is 669 g/mol. The fourth-order valence-electron chi connectivity index (χ4n) is 4.08. The quantitative estimate of drug-likeness (QED) is 0.254. The van der Waals surface area contributed by atoms with Gasteiger partial charge in [0.1, 0.15) is 12.6 Å². The summed E-state index contributed by atoms with van der Waals surface area (Å²) in [5.74, 6) is -0.862. The Morgan fingerprint density at radius 3 is 2.23 bits per heavy atom. The number of anilines is 1. The lowest BCUT2D eigenvalue weighted by Gasteiger charge is -2.34. The van der Waals surface area contributed by atoms with E-state index in [2.05, 4.69) is 21.2 Å². The summed E-state index contributed by atoms with van der Waals surface area (Å²) in [4.78, 5) is 29.2. The van der Waals surface area contributed by atoms with Crippen molar-refractivity contribution < 1.29 is 18.0 Å². The summed E-state index contributed by atoms with van der Waals surface area (Å²) in [6.07, 6.45) is 1.97. The average Bonchev–Trinajstić information content (AvgIpc) is 2.90. The molecule has 11 heteroatoms. The number of carbonyl (C=O) groups is 2. The molecule has 0 radical (unpaired) electrons. The van der Waals surface area contributed by atoms with Crippen LogP contribution >= 0.6 is 39.1 Å². The van der Waals surface area contributed by atoms with Gasteiger partial charge in [0.05, 0.1) is 22.0 Å². The van der Waals surface area contributed by atoms with Gasteiger partial charge in [0.2, 0.25) is 21.8 Å². The van der Waals surface area contributed by atoms with E-state index in [1.807, 2.05) is 68.4 Å². The van der Waals surface area contributed by atoms with Crippen LogP contribution < -0.4 is 9.62 Å². The van der Waals surface area contributed by atoms with Crippen LogP contribution in [0.4, 0.5) is 5.69 Å². The SMILES string of the molecule is CC[C@@H](C)NC(=O)[C@H](Cc1ccccc1)N(Cc1cccc(Br)c1)C(=O)CN(c1ccc(Cl)c(Cl)c1)S(C)(=O)=O. The number of nitrogens with one attached hydrogen (secondary N) is 1. The van der Waals surface area contributed by atoms with Gasteiger partial charge in [0.25, 0.3) is 0 Å². The van der Waals surface area contributed by atoms with Gasteiger partial charge in [-0.05, 0) is 54.8 Å². The first-order valence-corrected chi connectivity index (χ1v) is 16.1. The van der Waals surface area contributed by atoms with Crippen molar-refractivity contribution in [2.24, 2.45) is 0 Å². The first-order chi connectivity index (χ1) is 18.9. The minimum atomic E-state index is -3.91. The number of carbonyl (C=O) groups excluding carboxylic acids is 2. The number of benzene rings is 3. The van der Waals surface area contributed by atoms with Gasteiger partial charge >= 0.3 is 0 Å². The Hall–Kier alpha value is -2.59. The molecule has 0 aliphatic rings. The van der Waals surface area contributed by atoms with Gasteiger partial charge in [-0.3, -0.25) is 13.9 Å². The van der Waals surface area contributed by atoms with Crippen molar-refractivity contribution in [2.45, 2.75) is 45.3 Å². The fraction of sp³-hybridized carbons (Fsp3) is 0.310. The Labute approximate surface area is 254 Å². The molecular weight excluding hydrogens is 637 g/mol. The Bertz CT molecular complexity index is 1440. The third kappa shape index (κ3) is 8.96.